The van der Waals surface area contributed by atoms with E-state index in [1.54, 1.807) is 18.6 Å². The first-order valence-electron chi connectivity index (χ1n) is 4.60. The molecule has 0 saturated carbocycles. The first-order chi connectivity index (χ1) is 7.29. The molecule has 0 aromatic heterocycles. The van der Waals surface area contributed by atoms with E-state index in [1.165, 1.54) is 0 Å². The number of nitrogens with zero attached hydrogens (tertiary/aromatic N) is 1. The van der Waals surface area contributed by atoms with E-state index >= 15 is 0 Å². The summed E-state index contributed by atoms with van der Waals surface area (Å²) in [5.41, 5.74) is 6.66. The molecule has 0 aromatic rings. The van der Waals surface area contributed by atoms with E-state index < -0.39 is 5.91 Å². The van der Waals surface area contributed by atoms with E-state index in [0.717, 1.165) is 5.70 Å². The van der Waals surface area contributed by atoms with Crippen LogP contribution in [0.3, 0.4) is 0 Å². The van der Waals surface area contributed by atoms with Crippen molar-refractivity contribution in [2.45, 2.75) is 0 Å². The number of carbonyl (C=O) groups is 1. The highest BCUT2D eigenvalue weighted by molar-refractivity contribution is 5.91. The second-order valence-electron chi connectivity index (χ2n) is 3.14. The largest absolute Gasteiger partial charge is 0.365 e. The Bertz CT molecular complexity index is 392. The molecule has 0 unspecified atom stereocenters. The van der Waals surface area contributed by atoms with Crippen molar-refractivity contribution in [3.05, 3.63) is 48.3 Å². The number of hydrogen-bond donors (Lipinski definition) is 3. The summed E-state index contributed by atoms with van der Waals surface area (Å²) in [5, 5.41) is 5.84. The average Bonchev–Trinajstić information content (AvgIpc) is 2.64. The Kier molecular flexibility index (Phi) is 2.45. The topological polar surface area (TPSA) is 70.4 Å². The molecular weight excluding hydrogens is 192 g/mol. The zero-order valence-corrected chi connectivity index (χ0v) is 8.10. The average molecular weight is 204 g/mol. The van der Waals surface area contributed by atoms with Crippen LogP contribution in [0.25, 0.3) is 0 Å². The summed E-state index contributed by atoms with van der Waals surface area (Å²) in [6.07, 6.45) is 10.7. The molecule has 2 heterocycles. The molecule has 0 aliphatic carbocycles. The number of allylic oxidation sites excluding steroid dienone is 1. The van der Waals surface area contributed by atoms with Crippen molar-refractivity contribution in [2.24, 2.45) is 5.73 Å². The number of hydrogen-bond acceptors (Lipinski definition) is 4. The van der Waals surface area contributed by atoms with Crippen molar-refractivity contribution in [2.75, 3.05) is 6.54 Å². The minimum Gasteiger partial charge on any atom is -0.365 e. The maximum atomic E-state index is 11.2. The molecule has 0 fully saturated rings. The molecule has 0 radical (unpaired) electrons. The molecule has 5 nitrogen and oxygen atoms in total. The molecule has 0 saturated heterocycles. The van der Waals surface area contributed by atoms with Crippen LogP contribution in [0.15, 0.2) is 48.3 Å². The number of nitrogens with two attached hydrogens (primary N) is 1. The molecule has 0 aromatic carbocycles. The molecule has 78 valence electrons. The van der Waals surface area contributed by atoms with Crippen LogP contribution >= 0.6 is 0 Å². The number of carbonyl (C=O) groups excluding carboxylic acids is 1. The lowest BCUT2D eigenvalue weighted by atomic mass is 10.3. The smallest absolute Gasteiger partial charge is 0.266 e. The SMILES string of the molecule is NC(=O)C1=CNC=CNC=C2C=CCN21. The van der Waals surface area contributed by atoms with Crippen LogP contribution in [0.2, 0.25) is 0 Å². The molecule has 2 rings (SSSR count). The van der Waals surface area contributed by atoms with Crippen molar-refractivity contribution in [1.82, 2.24) is 15.5 Å². The molecule has 0 atom stereocenters. The number of rotatable bonds is 1. The summed E-state index contributed by atoms with van der Waals surface area (Å²) in [4.78, 5) is 13.1. The van der Waals surface area contributed by atoms with Gasteiger partial charge in [0.25, 0.3) is 5.91 Å². The summed E-state index contributed by atoms with van der Waals surface area (Å²) in [6.45, 7) is 0.657. The van der Waals surface area contributed by atoms with Gasteiger partial charge in [-0.05, 0) is 6.08 Å². The lowest BCUT2D eigenvalue weighted by Gasteiger charge is -2.20. The van der Waals surface area contributed by atoms with Crippen LogP contribution in [0, 0.1) is 0 Å². The zero-order valence-electron chi connectivity index (χ0n) is 8.10. The maximum Gasteiger partial charge on any atom is 0.266 e. The lowest BCUT2D eigenvalue weighted by Crippen LogP contribution is -2.30. The van der Waals surface area contributed by atoms with Crippen LogP contribution in [-0.2, 0) is 4.79 Å². The zero-order chi connectivity index (χ0) is 10.7. The van der Waals surface area contributed by atoms with Crippen molar-refractivity contribution >= 4 is 5.91 Å². The van der Waals surface area contributed by atoms with Gasteiger partial charge in [0.1, 0.15) is 5.70 Å². The Morgan fingerprint density at radius 3 is 2.80 bits per heavy atom. The highest BCUT2D eigenvalue weighted by Gasteiger charge is 2.20. The van der Waals surface area contributed by atoms with Crippen LogP contribution in [-0.4, -0.2) is 17.4 Å². The standard InChI is InChI=1S/C10H12N4O/c11-10(15)9-7-13-4-3-12-6-8-2-1-5-14(8)9/h1-4,6-7,12-13H,5H2,(H2,11,15). The molecule has 1 amide bonds. The maximum absolute atomic E-state index is 11.2. The monoisotopic (exact) mass is 204 g/mol. The van der Waals surface area contributed by atoms with E-state index in [2.05, 4.69) is 10.6 Å². The van der Waals surface area contributed by atoms with Crippen molar-refractivity contribution in [3.63, 3.8) is 0 Å². The highest BCUT2D eigenvalue weighted by atomic mass is 16.1. The first-order valence-corrected chi connectivity index (χ1v) is 4.60. The molecule has 4 N–H and O–H groups in total. The Morgan fingerprint density at radius 2 is 2.07 bits per heavy atom. The van der Waals surface area contributed by atoms with Gasteiger partial charge in [-0.2, -0.15) is 0 Å². The Balaban J connectivity index is 2.35. The van der Waals surface area contributed by atoms with Crippen molar-refractivity contribution in [1.29, 1.82) is 0 Å². The Morgan fingerprint density at radius 1 is 1.33 bits per heavy atom. The van der Waals surface area contributed by atoms with Crippen LogP contribution < -0.4 is 16.4 Å². The Hall–Kier alpha value is -2.17. The van der Waals surface area contributed by atoms with Gasteiger partial charge < -0.3 is 21.3 Å². The van der Waals surface area contributed by atoms with E-state index in [9.17, 15) is 4.79 Å². The predicted octanol–water partition coefficient (Wildman–Crippen LogP) is -0.310. The molecular formula is C10H12N4O. The quantitative estimate of drug-likeness (QED) is 0.548. The molecule has 0 bridgehead atoms. The Labute approximate surface area is 87.6 Å². The predicted molar refractivity (Wildman–Crippen MR) is 56.6 cm³/mol. The van der Waals surface area contributed by atoms with E-state index in [0.29, 0.717) is 12.2 Å². The fourth-order valence-electron chi connectivity index (χ4n) is 1.48. The summed E-state index contributed by atoms with van der Waals surface area (Å²) in [7, 11) is 0. The third-order valence-corrected chi connectivity index (χ3v) is 2.16. The molecule has 15 heavy (non-hydrogen) atoms. The van der Waals surface area contributed by atoms with Gasteiger partial charge in [0.15, 0.2) is 0 Å². The number of amides is 1. The van der Waals surface area contributed by atoms with Gasteiger partial charge in [-0.1, -0.05) is 6.08 Å². The number of nitrogens with one attached hydrogen (secondary N) is 2. The molecule has 5 heteroatoms. The number of fused-ring (bicyclic) bond motifs is 1. The summed E-state index contributed by atoms with van der Waals surface area (Å²) >= 11 is 0. The second-order valence-corrected chi connectivity index (χ2v) is 3.14. The van der Waals surface area contributed by atoms with Crippen LogP contribution in [0.4, 0.5) is 0 Å². The molecule has 2 aliphatic rings. The van der Waals surface area contributed by atoms with Gasteiger partial charge in [-0.15, -0.1) is 0 Å². The summed E-state index contributed by atoms with van der Waals surface area (Å²) in [5.74, 6) is -0.451. The van der Waals surface area contributed by atoms with Gasteiger partial charge in [0, 0.05) is 31.3 Å². The van der Waals surface area contributed by atoms with Gasteiger partial charge in [-0.25, -0.2) is 0 Å². The number of primary amides is 1. The summed E-state index contributed by atoms with van der Waals surface area (Å²) < 4.78 is 0. The third kappa shape index (κ3) is 1.85. The normalized spacial score (nSPS) is 18.8. The minimum atomic E-state index is -0.451. The molecule has 2 aliphatic heterocycles. The molecule has 0 spiro atoms. The van der Waals surface area contributed by atoms with E-state index in [-0.39, 0.29) is 0 Å². The summed E-state index contributed by atoms with van der Waals surface area (Å²) in [6, 6.07) is 0. The highest BCUT2D eigenvalue weighted by Crippen LogP contribution is 2.19. The minimum absolute atomic E-state index is 0.444. The van der Waals surface area contributed by atoms with Crippen LogP contribution in [0.5, 0.6) is 0 Å². The van der Waals surface area contributed by atoms with Gasteiger partial charge >= 0.3 is 0 Å². The van der Waals surface area contributed by atoms with E-state index in [4.69, 9.17) is 5.73 Å². The lowest BCUT2D eigenvalue weighted by molar-refractivity contribution is -0.115. The van der Waals surface area contributed by atoms with Gasteiger partial charge in [0.05, 0.1) is 5.70 Å². The second kappa shape index (κ2) is 3.91. The van der Waals surface area contributed by atoms with E-state index in [1.807, 2.05) is 23.3 Å². The third-order valence-electron chi connectivity index (χ3n) is 2.16. The van der Waals surface area contributed by atoms with Gasteiger partial charge in [-0.3, -0.25) is 4.79 Å². The van der Waals surface area contributed by atoms with Crippen molar-refractivity contribution < 1.29 is 4.79 Å². The van der Waals surface area contributed by atoms with Crippen LogP contribution in [0.1, 0.15) is 0 Å². The fraction of sp³-hybridized carbons (Fsp3) is 0.100. The van der Waals surface area contributed by atoms with Crippen molar-refractivity contribution in [3.8, 4) is 0 Å². The first kappa shape index (κ1) is 9.39. The fourth-order valence-corrected chi connectivity index (χ4v) is 1.48. The van der Waals surface area contributed by atoms with Gasteiger partial charge in [0.2, 0.25) is 0 Å².